The summed E-state index contributed by atoms with van der Waals surface area (Å²) in [4.78, 5) is 4.60. The zero-order valence-corrected chi connectivity index (χ0v) is 11.1. The lowest BCUT2D eigenvalue weighted by Crippen LogP contribution is -2.40. The molecule has 0 spiro atoms. The molecule has 2 atom stereocenters. The number of nitrogens with one attached hydrogen (secondary N) is 1. The van der Waals surface area contributed by atoms with Crippen molar-refractivity contribution in [2.24, 2.45) is 16.6 Å². The van der Waals surface area contributed by atoms with E-state index in [2.05, 4.69) is 17.2 Å². The van der Waals surface area contributed by atoms with Crippen LogP contribution in [0.25, 0.3) is 0 Å². The van der Waals surface area contributed by atoms with Gasteiger partial charge in [0.1, 0.15) is 0 Å². The molecule has 2 fully saturated rings. The number of rotatable bonds is 4. The highest BCUT2D eigenvalue weighted by atomic mass is 15.1. The molecule has 0 bridgehead atoms. The van der Waals surface area contributed by atoms with Crippen molar-refractivity contribution < 1.29 is 0 Å². The molecule has 0 amide bonds. The van der Waals surface area contributed by atoms with E-state index >= 15 is 0 Å². The first-order valence-electron chi connectivity index (χ1n) is 7.39. The summed E-state index contributed by atoms with van der Waals surface area (Å²) in [5, 5.41) is 3.42. The van der Waals surface area contributed by atoms with Crippen LogP contribution in [-0.4, -0.2) is 18.0 Å². The summed E-state index contributed by atoms with van der Waals surface area (Å²) in [6.07, 6.45) is 11.8. The molecule has 0 saturated heterocycles. The molecular weight excluding hydrogens is 210 g/mol. The standard InChI is InChI=1S/C14H27N3/c1-2-7-11-10-13(11)17-14(15)16-12-8-5-3-4-6-9-12/h11-13H,2-10H2,1H3,(H3,15,16,17). The lowest BCUT2D eigenvalue weighted by atomic mass is 10.1. The summed E-state index contributed by atoms with van der Waals surface area (Å²) < 4.78 is 0. The Balaban J connectivity index is 1.72. The summed E-state index contributed by atoms with van der Waals surface area (Å²) in [6.45, 7) is 2.24. The molecule has 0 aromatic heterocycles. The van der Waals surface area contributed by atoms with Gasteiger partial charge in [0.15, 0.2) is 5.96 Å². The molecular formula is C14H27N3. The van der Waals surface area contributed by atoms with Gasteiger partial charge in [0, 0.05) is 6.04 Å². The molecule has 0 aromatic rings. The van der Waals surface area contributed by atoms with Gasteiger partial charge in [-0.15, -0.1) is 0 Å². The second-order valence-corrected chi connectivity index (χ2v) is 5.70. The summed E-state index contributed by atoms with van der Waals surface area (Å²) in [5.41, 5.74) is 5.99. The van der Waals surface area contributed by atoms with Crippen molar-refractivity contribution >= 4 is 5.96 Å². The van der Waals surface area contributed by atoms with Crippen LogP contribution in [0.5, 0.6) is 0 Å². The van der Waals surface area contributed by atoms with Gasteiger partial charge in [0.2, 0.25) is 0 Å². The molecule has 0 aliphatic heterocycles. The van der Waals surface area contributed by atoms with Gasteiger partial charge in [-0.1, -0.05) is 39.0 Å². The first kappa shape index (κ1) is 12.7. The Morgan fingerprint density at radius 1 is 1.24 bits per heavy atom. The van der Waals surface area contributed by atoms with Crippen molar-refractivity contribution in [1.29, 1.82) is 0 Å². The Morgan fingerprint density at radius 2 is 1.94 bits per heavy atom. The molecule has 2 saturated carbocycles. The normalized spacial score (nSPS) is 31.0. The number of guanidine groups is 1. The first-order chi connectivity index (χ1) is 8.29. The zero-order valence-electron chi connectivity index (χ0n) is 11.1. The van der Waals surface area contributed by atoms with Crippen molar-refractivity contribution in [3.63, 3.8) is 0 Å². The average Bonchev–Trinajstić information content (AvgIpc) is 3.04. The van der Waals surface area contributed by atoms with Crippen molar-refractivity contribution in [2.75, 3.05) is 0 Å². The predicted molar refractivity (Wildman–Crippen MR) is 73.1 cm³/mol. The van der Waals surface area contributed by atoms with E-state index in [1.54, 1.807) is 0 Å². The minimum absolute atomic E-state index is 0.522. The molecule has 2 aliphatic carbocycles. The molecule has 17 heavy (non-hydrogen) atoms. The molecule has 2 rings (SSSR count). The Hall–Kier alpha value is -0.730. The van der Waals surface area contributed by atoms with Gasteiger partial charge in [0.25, 0.3) is 0 Å². The van der Waals surface area contributed by atoms with Gasteiger partial charge in [-0.3, -0.25) is 0 Å². The number of aliphatic imine (C=N–C) groups is 1. The first-order valence-corrected chi connectivity index (χ1v) is 7.39. The maximum absolute atomic E-state index is 5.99. The Morgan fingerprint density at radius 3 is 2.59 bits per heavy atom. The summed E-state index contributed by atoms with van der Waals surface area (Å²) in [6, 6.07) is 1.10. The fourth-order valence-corrected chi connectivity index (χ4v) is 2.92. The minimum atomic E-state index is 0.522. The topological polar surface area (TPSA) is 50.4 Å². The highest BCUT2D eigenvalue weighted by Crippen LogP contribution is 2.37. The second kappa shape index (κ2) is 6.27. The van der Waals surface area contributed by atoms with E-state index < -0.39 is 0 Å². The van der Waals surface area contributed by atoms with E-state index in [4.69, 9.17) is 5.73 Å². The van der Waals surface area contributed by atoms with E-state index in [1.807, 2.05) is 0 Å². The van der Waals surface area contributed by atoms with Gasteiger partial charge in [-0.2, -0.15) is 0 Å². The molecule has 2 aliphatic rings. The SMILES string of the molecule is CCCC1CC1N=C(N)NC1CCCCCC1. The predicted octanol–water partition coefficient (Wildman–Crippen LogP) is 2.80. The Labute approximate surface area is 105 Å². The molecule has 3 heteroatoms. The monoisotopic (exact) mass is 237 g/mol. The van der Waals surface area contributed by atoms with Gasteiger partial charge >= 0.3 is 0 Å². The molecule has 0 radical (unpaired) electrons. The largest absolute Gasteiger partial charge is 0.370 e. The number of hydrogen-bond acceptors (Lipinski definition) is 1. The van der Waals surface area contributed by atoms with E-state index in [0.29, 0.717) is 18.0 Å². The van der Waals surface area contributed by atoms with Crippen LogP contribution in [0.2, 0.25) is 0 Å². The van der Waals surface area contributed by atoms with Crippen LogP contribution in [0.15, 0.2) is 4.99 Å². The molecule has 0 aromatic carbocycles. The van der Waals surface area contributed by atoms with Gasteiger partial charge in [0.05, 0.1) is 6.04 Å². The lowest BCUT2D eigenvalue weighted by Gasteiger charge is -2.16. The molecule has 2 unspecified atom stereocenters. The lowest BCUT2D eigenvalue weighted by molar-refractivity contribution is 0.529. The van der Waals surface area contributed by atoms with E-state index in [0.717, 1.165) is 5.92 Å². The number of hydrogen-bond donors (Lipinski definition) is 2. The zero-order chi connectivity index (χ0) is 12.1. The molecule has 3 nitrogen and oxygen atoms in total. The third-order valence-electron chi connectivity index (χ3n) is 4.06. The number of nitrogens with two attached hydrogens (primary N) is 1. The fourth-order valence-electron chi connectivity index (χ4n) is 2.92. The average molecular weight is 237 g/mol. The van der Waals surface area contributed by atoms with Crippen molar-refractivity contribution in [2.45, 2.75) is 76.8 Å². The summed E-state index contributed by atoms with van der Waals surface area (Å²) >= 11 is 0. The van der Waals surface area contributed by atoms with Gasteiger partial charge < -0.3 is 11.1 Å². The van der Waals surface area contributed by atoms with E-state index in [-0.39, 0.29) is 0 Å². The third kappa shape index (κ3) is 4.21. The van der Waals surface area contributed by atoms with Gasteiger partial charge in [-0.05, 0) is 31.6 Å². The highest BCUT2D eigenvalue weighted by molar-refractivity contribution is 5.78. The number of nitrogens with zero attached hydrogens (tertiary/aromatic N) is 1. The van der Waals surface area contributed by atoms with Gasteiger partial charge in [-0.25, -0.2) is 4.99 Å². The summed E-state index contributed by atoms with van der Waals surface area (Å²) in [5.74, 6) is 1.51. The Kier molecular flexibility index (Phi) is 4.69. The second-order valence-electron chi connectivity index (χ2n) is 5.70. The van der Waals surface area contributed by atoms with Crippen LogP contribution in [0.3, 0.4) is 0 Å². The van der Waals surface area contributed by atoms with Crippen LogP contribution in [0.1, 0.15) is 64.7 Å². The maximum Gasteiger partial charge on any atom is 0.189 e. The molecule has 3 N–H and O–H groups in total. The summed E-state index contributed by atoms with van der Waals surface area (Å²) in [7, 11) is 0. The van der Waals surface area contributed by atoms with Crippen molar-refractivity contribution in [3.8, 4) is 0 Å². The smallest absolute Gasteiger partial charge is 0.189 e. The molecule has 0 heterocycles. The van der Waals surface area contributed by atoms with Crippen LogP contribution < -0.4 is 11.1 Å². The van der Waals surface area contributed by atoms with Crippen LogP contribution >= 0.6 is 0 Å². The third-order valence-corrected chi connectivity index (χ3v) is 4.06. The Bertz CT molecular complexity index is 254. The molecule has 98 valence electrons. The quantitative estimate of drug-likeness (QED) is 0.449. The fraction of sp³-hybridized carbons (Fsp3) is 0.929. The van der Waals surface area contributed by atoms with E-state index in [9.17, 15) is 0 Å². The van der Waals surface area contributed by atoms with Crippen LogP contribution in [-0.2, 0) is 0 Å². The van der Waals surface area contributed by atoms with Crippen molar-refractivity contribution in [3.05, 3.63) is 0 Å². The maximum atomic E-state index is 5.99. The highest BCUT2D eigenvalue weighted by Gasteiger charge is 2.36. The van der Waals surface area contributed by atoms with Crippen molar-refractivity contribution in [1.82, 2.24) is 5.32 Å². The van der Waals surface area contributed by atoms with E-state index in [1.165, 1.54) is 57.8 Å². The van der Waals surface area contributed by atoms with Crippen LogP contribution in [0, 0.1) is 5.92 Å². The minimum Gasteiger partial charge on any atom is -0.370 e. The van der Waals surface area contributed by atoms with Crippen LogP contribution in [0.4, 0.5) is 0 Å².